The van der Waals surface area contributed by atoms with Gasteiger partial charge in [0.15, 0.2) is 0 Å². The van der Waals surface area contributed by atoms with Crippen LogP contribution in [0.4, 0.5) is 10.5 Å². The molecule has 0 aliphatic carbocycles. The normalized spacial score (nSPS) is 11.2. The Kier molecular flexibility index (Phi) is 4.76. The third kappa shape index (κ3) is 4.06. The molecule has 1 rings (SSSR count). The Bertz CT molecular complexity index is 547. The molecule has 0 radical (unpaired) electrons. The van der Waals surface area contributed by atoms with Gasteiger partial charge in [0.25, 0.3) is 0 Å². The van der Waals surface area contributed by atoms with Crippen LogP contribution in [0.15, 0.2) is 23.1 Å². The maximum absolute atomic E-state index is 11.8. The van der Waals surface area contributed by atoms with E-state index in [1.54, 1.807) is 0 Å². The van der Waals surface area contributed by atoms with Gasteiger partial charge < -0.3 is 16.8 Å². The zero-order valence-electron chi connectivity index (χ0n) is 9.31. The van der Waals surface area contributed by atoms with Gasteiger partial charge in [-0.25, -0.2) is 17.9 Å². The molecule has 0 saturated heterocycles. The number of hydrogen-bond acceptors (Lipinski definition) is 4. The largest absolute Gasteiger partial charge is 0.397 e. The molecule has 9 heteroatoms. The molecule has 18 heavy (non-hydrogen) atoms. The van der Waals surface area contributed by atoms with Gasteiger partial charge in [0.1, 0.15) is 0 Å². The predicted molar refractivity (Wildman–Crippen MR) is 68.6 cm³/mol. The van der Waals surface area contributed by atoms with Gasteiger partial charge in [-0.3, -0.25) is 0 Å². The second kappa shape index (κ2) is 5.89. The molecule has 6 N–H and O–H groups in total. The highest BCUT2D eigenvalue weighted by atomic mass is 35.5. The van der Waals surface area contributed by atoms with Crippen molar-refractivity contribution in [3.63, 3.8) is 0 Å². The molecular formula is C9H13ClN4O3S. The number of benzene rings is 1. The first kappa shape index (κ1) is 14.6. The van der Waals surface area contributed by atoms with Gasteiger partial charge in [0, 0.05) is 13.1 Å². The zero-order chi connectivity index (χ0) is 13.8. The molecule has 2 amide bonds. The molecule has 1 aromatic rings. The first-order valence-electron chi connectivity index (χ1n) is 4.91. The fourth-order valence-corrected chi connectivity index (χ4v) is 2.33. The summed E-state index contributed by atoms with van der Waals surface area (Å²) in [6, 6.07) is 3.27. The van der Waals surface area contributed by atoms with E-state index in [0.717, 1.165) is 0 Å². The molecular weight excluding hydrogens is 280 g/mol. The van der Waals surface area contributed by atoms with Gasteiger partial charge in [-0.05, 0) is 18.2 Å². The molecule has 100 valence electrons. The van der Waals surface area contributed by atoms with Crippen molar-refractivity contribution in [1.82, 2.24) is 10.0 Å². The van der Waals surface area contributed by atoms with E-state index < -0.39 is 16.1 Å². The number of nitrogens with one attached hydrogen (secondary N) is 2. The number of urea groups is 1. The van der Waals surface area contributed by atoms with Gasteiger partial charge >= 0.3 is 6.03 Å². The number of anilines is 1. The molecule has 0 aromatic heterocycles. The van der Waals surface area contributed by atoms with Crippen molar-refractivity contribution in [2.24, 2.45) is 5.73 Å². The lowest BCUT2D eigenvalue weighted by Crippen LogP contribution is -2.37. The standard InChI is InChI=1S/C9H13ClN4O3S/c10-7-2-1-6(5-8(7)11)18(16,17)14-4-3-13-9(12)15/h1-2,5,14H,3-4,11H2,(H3,12,13,15). The molecule has 0 atom stereocenters. The van der Waals surface area contributed by atoms with Crippen LogP contribution in [-0.4, -0.2) is 27.5 Å². The van der Waals surface area contributed by atoms with Crippen molar-refractivity contribution < 1.29 is 13.2 Å². The van der Waals surface area contributed by atoms with Crippen LogP contribution in [0.25, 0.3) is 0 Å². The van der Waals surface area contributed by atoms with Crippen molar-refractivity contribution in [3.8, 4) is 0 Å². The molecule has 0 heterocycles. The van der Waals surface area contributed by atoms with Gasteiger partial charge in [-0.1, -0.05) is 11.6 Å². The van der Waals surface area contributed by atoms with Crippen LogP contribution in [-0.2, 0) is 10.0 Å². The van der Waals surface area contributed by atoms with E-state index in [-0.39, 0.29) is 28.7 Å². The number of halogens is 1. The molecule has 0 unspecified atom stereocenters. The van der Waals surface area contributed by atoms with E-state index in [9.17, 15) is 13.2 Å². The van der Waals surface area contributed by atoms with E-state index in [1.807, 2.05) is 0 Å². The van der Waals surface area contributed by atoms with E-state index in [1.165, 1.54) is 18.2 Å². The number of carbonyl (C=O) groups excluding carboxylic acids is 1. The van der Waals surface area contributed by atoms with Crippen LogP contribution in [0.1, 0.15) is 0 Å². The summed E-state index contributed by atoms with van der Waals surface area (Å²) in [5.41, 5.74) is 10.5. The molecule has 0 bridgehead atoms. The summed E-state index contributed by atoms with van der Waals surface area (Å²) in [5.74, 6) is 0. The van der Waals surface area contributed by atoms with Crippen LogP contribution in [0.3, 0.4) is 0 Å². The average molecular weight is 293 g/mol. The number of carbonyl (C=O) groups is 1. The van der Waals surface area contributed by atoms with Crippen molar-refractivity contribution in [2.45, 2.75) is 4.90 Å². The van der Waals surface area contributed by atoms with Gasteiger partial charge in [0.2, 0.25) is 10.0 Å². The maximum atomic E-state index is 11.8. The van der Waals surface area contributed by atoms with Crippen LogP contribution >= 0.6 is 11.6 Å². The molecule has 0 saturated carbocycles. The van der Waals surface area contributed by atoms with Crippen LogP contribution in [0.5, 0.6) is 0 Å². The molecule has 0 aliphatic rings. The van der Waals surface area contributed by atoms with Gasteiger partial charge in [0.05, 0.1) is 15.6 Å². The first-order valence-corrected chi connectivity index (χ1v) is 6.77. The van der Waals surface area contributed by atoms with E-state index in [2.05, 4.69) is 10.0 Å². The maximum Gasteiger partial charge on any atom is 0.312 e. The summed E-state index contributed by atoms with van der Waals surface area (Å²) in [6.45, 7) is 0.117. The minimum atomic E-state index is -3.68. The summed E-state index contributed by atoms with van der Waals surface area (Å²) in [4.78, 5) is 10.4. The van der Waals surface area contributed by atoms with Crippen LogP contribution < -0.4 is 21.5 Å². The monoisotopic (exact) mass is 292 g/mol. The average Bonchev–Trinajstić information content (AvgIpc) is 2.28. The van der Waals surface area contributed by atoms with Crippen molar-refractivity contribution in [2.75, 3.05) is 18.8 Å². The van der Waals surface area contributed by atoms with Crippen LogP contribution in [0.2, 0.25) is 5.02 Å². The molecule has 7 nitrogen and oxygen atoms in total. The number of hydrogen-bond donors (Lipinski definition) is 4. The Morgan fingerprint density at radius 1 is 1.33 bits per heavy atom. The number of rotatable bonds is 5. The topological polar surface area (TPSA) is 127 Å². The molecule has 0 aliphatic heterocycles. The summed E-state index contributed by atoms with van der Waals surface area (Å²) < 4.78 is 25.9. The number of amides is 2. The lowest BCUT2D eigenvalue weighted by atomic mass is 10.3. The number of nitrogens with two attached hydrogens (primary N) is 2. The Hall–Kier alpha value is -1.51. The summed E-state index contributed by atoms with van der Waals surface area (Å²) in [5, 5.41) is 2.54. The summed E-state index contributed by atoms with van der Waals surface area (Å²) in [7, 11) is -3.68. The lowest BCUT2D eigenvalue weighted by molar-refractivity contribution is 0.249. The van der Waals surface area contributed by atoms with E-state index in [4.69, 9.17) is 23.1 Å². The van der Waals surface area contributed by atoms with Gasteiger partial charge in [-0.2, -0.15) is 0 Å². The SMILES string of the molecule is NC(=O)NCCNS(=O)(=O)c1ccc(Cl)c(N)c1. The Labute approximate surface area is 110 Å². The molecule has 1 aromatic carbocycles. The minimum absolute atomic E-state index is 0.00322. The highest BCUT2D eigenvalue weighted by Gasteiger charge is 2.14. The number of primary amides is 1. The molecule has 0 fully saturated rings. The van der Waals surface area contributed by atoms with E-state index in [0.29, 0.717) is 0 Å². The Morgan fingerprint density at radius 3 is 2.56 bits per heavy atom. The fraction of sp³-hybridized carbons (Fsp3) is 0.222. The second-order valence-corrected chi connectivity index (χ2v) is 5.55. The Balaban J connectivity index is 2.68. The first-order chi connectivity index (χ1) is 8.33. The third-order valence-corrected chi connectivity index (χ3v) is 3.80. The van der Waals surface area contributed by atoms with Crippen molar-refractivity contribution in [1.29, 1.82) is 0 Å². The second-order valence-electron chi connectivity index (χ2n) is 3.37. The zero-order valence-corrected chi connectivity index (χ0v) is 10.9. The Morgan fingerprint density at radius 2 is 2.00 bits per heavy atom. The summed E-state index contributed by atoms with van der Waals surface area (Å²) in [6.07, 6.45) is 0. The minimum Gasteiger partial charge on any atom is -0.397 e. The summed E-state index contributed by atoms with van der Waals surface area (Å²) >= 11 is 5.69. The lowest BCUT2D eigenvalue weighted by Gasteiger charge is -2.08. The molecule has 0 spiro atoms. The number of sulfonamides is 1. The van der Waals surface area contributed by atoms with Gasteiger partial charge in [-0.15, -0.1) is 0 Å². The smallest absolute Gasteiger partial charge is 0.312 e. The highest BCUT2D eigenvalue weighted by molar-refractivity contribution is 7.89. The van der Waals surface area contributed by atoms with Crippen molar-refractivity contribution >= 4 is 33.3 Å². The highest BCUT2D eigenvalue weighted by Crippen LogP contribution is 2.21. The fourth-order valence-electron chi connectivity index (χ4n) is 1.14. The number of nitrogen functional groups attached to an aromatic ring is 1. The van der Waals surface area contributed by atoms with Crippen molar-refractivity contribution in [3.05, 3.63) is 23.2 Å². The van der Waals surface area contributed by atoms with Crippen LogP contribution in [0, 0.1) is 0 Å². The quantitative estimate of drug-likeness (QED) is 0.445. The predicted octanol–water partition coefficient (Wildman–Crippen LogP) is -0.131. The third-order valence-electron chi connectivity index (χ3n) is 1.99. The van der Waals surface area contributed by atoms with E-state index >= 15 is 0 Å².